The van der Waals surface area contributed by atoms with Gasteiger partial charge in [-0.1, -0.05) is 36.4 Å². The van der Waals surface area contributed by atoms with Crippen molar-refractivity contribution in [2.45, 2.75) is 0 Å². The first-order valence-electron chi connectivity index (χ1n) is 9.26. The number of methoxy groups -OCH3 is 1. The molecule has 0 heterocycles. The fourth-order valence-corrected chi connectivity index (χ4v) is 2.68. The van der Waals surface area contributed by atoms with Gasteiger partial charge in [0.1, 0.15) is 0 Å². The number of carbonyl (C=O) groups excluding carboxylic acids is 2. The molecule has 8 heteroatoms. The third-order valence-corrected chi connectivity index (χ3v) is 4.15. The second-order valence-electron chi connectivity index (χ2n) is 6.29. The lowest BCUT2D eigenvalue weighted by Crippen LogP contribution is -2.17. The number of carbonyl (C=O) groups is 2. The monoisotopic (exact) mass is 416 g/mol. The third-order valence-electron chi connectivity index (χ3n) is 4.15. The van der Waals surface area contributed by atoms with Crippen molar-refractivity contribution in [3.8, 4) is 11.5 Å². The largest absolute Gasteiger partial charge is 0.504 e. The van der Waals surface area contributed by atoms with Crippen LogP contribution in [0.25, 0.3) is 0 Å². The van der Waals surface area contributed by atoms with Gasteiger partial charge in [-0.2, -0.15) is 10.2 Å². The van der Waals surface area contributed by atoms with E-state index >= 15 is 0 Å². The number of amides is 2. The fraction of sp³-hybridized carbons (Fsp3) is 0.0435. The molecule has 0 aromatic heterocycles. The van der Waals surface area contributed by atoms with Gasteiger partial charge in [-0.3, -0.25) is 9.59 Å². The molecule has 0 aliphatic rings. The van der Waals surface area contributed by atoms with Crippen LogP contribution in [0.3, 0.4) is 0 Å². The Balaban J connectivity index is 1.72. The molecule has 0 fully saturated rings. The zero-order valence-corrected chi connectivity index (χ0v) is 16.6. The number of nitrogens with one attached hydrogen (secondary N) is 2. The minimum atomic E-state index is -0.374. The van der Waals surface area contributed by atoms with Crippen molar-refractivity contribution in [1.29, 1.82) is 0 Å². The summed E-state index contributed by atoms with van der Waals surface area (Å²) in [7, 11) is 1.41. The molecule has 156 valence electrons. The molecule has 0 radical (unpaired) electrons. The average Bonchev–Trinajstić information content (AvgIpc) is 2.80. The van der Waals surface area contributed by atoms with E-state index in [1.54, 1.807) is 54.6 Å². The number of rotatable bonds is 7. The van der Waals surface area contributed by atoms with E-state index in [1.807, 2.05) is 12.1 Å². The molecule has 31 heavy (non-hydrogen) atoms. The minimum absolute atomic E-state index is 0.142. The molecule has 3 aromatic carbocycles. The van der Waals surface area contributed by atoms with Crippen molar-refractivity contribution >= 4 is 24.2 Å². The number of hydrazone groups is 2. The fourth-order valence-electron chi connectivity index (χ4n) is 2.68. The highest BCUT2D eigenvalue weighted by molar-refractivity contribution is 5.96. The van der Waals surface area contributed by atoms with Crippen molar-refractivity contribution in [2.24, 2.45) is 10.2 Å². The second-order valence-corrected chi connectivity index (χ2v) is 6.29. The second kappa shape index (κ2) is 10.4. The first-order valence-corrected chi connectivity index (χ1v) is 9.26. The van der Waals surface area contributed by atoms with Crippen LogP contribution in [0.5, 0.6) is 11.5 Å². The summed E-state index contributed by atoms with van der Waals surface area (Å²) in [6, 6.07) is 20.4. The number of hydrogen-bond acceptors (Lipinski definition) is 6. The van der Waals surface area contributed by atoms with Crippen LogP contribution in [0.15, 0.2) is 83.0 Å². The summed E-state index contributed by atoms with van der Waals surface area (Å²) in [5.41, 5.74) is 6.67. The molecule has 0 saturated carbocycles. The van der Waals surface area contributed by atoms with Gasteiger partial charge in [0.2, 0.25) is 0 Å². The molecule has 3 aromatic rings. The molecule has 0 saturated heterocycles. The summed E-state index contributed by atoms with van der Waals surface area (Å²) in [6.45, 7) is 0. The van der Waals surface area contributed by atoms with Crippen molar-refractivity contribution in [3.63, 3.8) is 0 Å². The van der Waals surface area contributed by atoms with Crippen LogP contribution in [0.2, 0.25) is 0 Å². The van der Waals surface area contributed by atoms with Gasteiger partial charge >= 0.3 is 0 Å². The SMILES string of the molecule is COc1c(O)cc(C=NNC(=O)c2ccccc2)cc1C=NNC(=O)c1ccccc1. The van der Waals surface area contributed by atoms with E-state index in [4.69, 9.17) is 4.74 Å². The highest BCUT2D eigenvalue weighted by Gasteiger charge is 2.10. The van der Waals surface area contributed by atoms with Crippen LogP contribution < -0.4 is 15.6 Å². The quantitative estimate of drug-likeness (QED) is 0.406. The number of aromatic hydroxyl groups is 1. The molecule has 2 amide bonds. The molecule has 0 bridgehead atoms. The first kappa shape index (κ1) is 21.3. The highest BCUT2D eigenvalue weighted by Crippen LogP contribution is 2.30. The topological polar surface area (TPSA) is 112 Å². The van der Waals surface area contributed by atoms with Gasteiger partial charge in [-0.25, -0.2) is 10.9 Å². The van der Waals surface area contributed by atoms with Gasteiger partial charge in [-0.15, -0.1) is 0 Å². The molecule has 0 atom stereocenters. The molecule has 8 nitrogen and oxygen atoms in total. The summed E-state index contributed by atoms with van der Waals surface area (Å²) in [6.07, 6.45) is 2.72. The number of benzene rings is 3. The van der Waals surface area contributed by atoms with Crippen LogP contribution >= 0.6 is 0 Å². The maximum atomic E-state index is 12.1. The summed E-state index contributed by atoms with van der Waals surface area (Å²) < 4.78 is 5.21. The Kier molecular flexibility index (Phi) is 7.10. The summed E-state index contributed by atoms with van der Waals surface area (Å²) >= 11 is 0. The van der Waals surface area contributed by atoms with Gasteiger partial charge in [0.05, 0.1) is 19.5 Å². The number of nitrogens with zero attached hydrogens (tertiary/aromatic N) is 2. The third kappa shape index (κ3) is 5.77. The Labute approximate surface area is 178 Å². The normalized spacial score (nSPS) is 10.9. The minimum Gasteiger partial charge on any atom is -0.504 e. The lowest BCUT2D eigenvalue weighted by atomic mass is 10.1. The zero-order chi connectivity index (χ0) is 22.1. The van der Waals surface area contributed by atoms with Gasteiger partial charge in [0.25, 0.3) is 11.8 Å². The van der Waals surface area contributed by atoms with Crippen molar-refractivity contribution in [3.05, 3.63) is 95.1 Å². The van der Waals surface area contributed by atoms with E-state index in [0.29, 0.717) is 22.3 Å². The first-order chi connectivity index (χ1) is 15.1. The van der Waals surface area contributed by atoms with Gasteiger partial charge in [-0.05, 0) is 42.0 Å². The van der Waals surface area contributed by atoms with Crippen LogP contribution in [-0.4, -0.2) is 36.5 Å². The standard InChI is InChI=1S/C23H20N4O4/c1-31-21-19(15-25-27-23(30)18-10-6-3-7-11-18)12-16(13-20(21)28)14-24-26-22(29)17-8-4-2-5-9-17/h2-15,28H,1H3,(H,26,29)(H,27,30). The lowest BCUT2D eigenvalue weighted by molar-refractivity contribution is 0.0947. The Morgan fingerprint density at radius 1 is 0.839 bits per heavy atom. The molecular formula is C23H20N4O4. The van der Waals surface area contributed by atoms with E-state index in [0.717, 1.165) is 0 Å². The van der Waals surface area contributed by atoms with Crippen molar-refractivity contribution in [1.82, 2.24) is 10.9 Å². The zero-order valence-electron chi connectivity index (χ0n) is 16.6. The molecule has 0 unspecified atom stereocenters. The van der Waals surface area contributed by atoms with E-state index in [1.165, 1.54) is 25.6 Å². The molecular weight excluding hydrogens is 396 g/mol. The smallest absolute Gasteiger partial charge is 0.271 e. The number of hydrogen-bond donors (Lipinski definition) is 3. The van der Waals surface area contributed by atoms with E-state index in [-0.39, 0.29) is 23.3 Å². The molecule has 3 N–H and O–H groups in total. The average molecular weight is 416 g/mol. The van der Waals surface area contributed by atoms with Crippen LogP contribution in [-0.2, 0) is 0 Å². The van der Waals surface area contributed by atoms with Crippen molar-refractivity contribution in [2.75, 3.05) is 7.11 Å². The summed E-state index contributed by atoms with van der Waals surface area (Å²) in [5, 5.41) is 18.1. The van der Waals surface area contributed by atoms with E-state index < -0.39 is 0 Å². The van der Waals surface area contributed by atoms with E-state index in [9.17, 15) is 14.7 Å². The predicted molar refractivity (Wildman–Crippen MR) is 118 cm³/mol. The maximum absolute atomic E-state index is 12.1. The Hall–Kier alpha value is -4.46. The Bertz CT molecular complexity index is 1110. The number of phenolic OH excluding ortho intramolecular Hbond substituents is 1. The summed E-state index contributed by atoms with van der Waals surface area (Å²) in [5.74, 6) is -0.693. The number of ether oxygens (including phenoxy) is 1. The van der Waals surface area contributed by atoms with Crippen LogP contribution in [0.4, 0.5) is 0 Å². The van der Waals surface area contributed by atoms with Crippen LogP contribution in [0, 0.1) is 0 Å². The van der Waals surface area contributed by atoms with E-state index in [2.05, 4.69) is 21.1 Å². The summed E-state index contributed by atoms with van der Waals surface area (Å²) in [4.78, 5) is 24.1. The van der Waals surface area contributed by atoms with Gasteiger partial charge < -0.3 is 9.84 Å². The van der Waals surface area contributed by atoms with Gasteiger partial charge in [0.15, 0.2) is 11.5 Å². The predicted octanol–water partition coefficient (Wildman–Crippen LogP) is 2.93. The molecule has 0 aliphatic carbocycles. The van der Waals surface area contributed by atoms with Crippen LogP contribution in [0.1, 0.15) is 31.8 Å². The molecule has 3 rings (SSSR count). The van der Waals surface area contributed by atoms with Crippen molar-refractivity contribution < 1.29 is 19.4 Å². The van der Waals surface area contributed by atoms with Gasteiger partial charge in [0, 0.05) is 16.7 Å². The Morgan fingerprint density at radius 2 is 1.35 bits per heavy atom. The Morgan fingerprint density at radius 3 is 1.87 bits per heavy atom. The lowest BCUT2D eigenvalue weighted by Gasteiger charge is -2.08. The maximum Gasteiger partial charge on any atom is 0.271 e. The molecule has 0 aliphatic heterocycles. The molecule has 0 spiro atoms. The highest BCUT2D eigenvalue weighted by atomic mass is 16.5. The number of phenols is 1.